The van der Waals surface area contributed by atoms with Crippen LogP contribution in [0.4, 0.5) is 4.79 Å². The molecule has 1 aromatic rings. The largest absolute Gasteiger partial charge is 0.466 e. The summed E-state index contributed by atoms with van der Waals surface area (Å²) in [5, 5.41) is 2.54. The molecule has 0 bridgehead atoms. The zero-order valence-electron chi connectivity index (χ0n) is 21.5. The summed E-state index contributed by atoms with van der Waals surface area (Å²) < 4.78 is 16.2. The molecule has 0 spiro atoms. The van der Waals surface area contributed by atoms with Gasteiger partial charge in [0.15, 0.2) is 5.78 Å². The number of hydrogen-bond donors (Lipinski definition) is 1. The summed E-state index contributed by atoms with van der Waals surface area (Å²) in [4.78, 5) is 61.5. The predicted octanol–water partition coefficient (Wildman–Crippen LogP) is 2.70. The number of allylic oxidation sites excluding steroid dienone is 1. The maximum absolute atomic E-state index is 13.0. The van der Waals surface area contributed by atoms with Gasteiger partial charge >= 0.3 is 18.0 Å². The van der Waals surface area contributed by atoms with Crippen molar-refractivity contribution < 1.29 is 33.4 Å². The van der Waals surface area contributed by atoms with E-state index in [0.717, 1.165) is 0 Å². The minimum atomic E-state index is -0.967. The second-order valence-corrected chi connectivity index (χ2v) is 9.90. The van der Waals surface area contributed by atoms with Crippen molar-refractivity contribution in [2.45, 2.75) is 84.6 Å². The molecule has 0 fully saturated rings. The molecule has 0 aromatic carbocycles. The maximum atomic E-state index is 13.0. The number of esters is 2. The minimum absolute atomic E-state index is 0.169. The van der Waals surface area contributed by atoms with Crippen LogP contribution in [0.15, 0.2) is 35.3 Å². The molecule has 1 aromatic heterocycles. The Kier molecular flexibility index (Phi) is 10.9. The van der Waals surface area contributed by atoms with Gasteiger partial charge in [-0.1, -0.05) is 12.1 Å². The molecule has 0 saturated heterocycles. The molecule has 0 aliphatic rings. The Morgan fingerprint density at radius 3 is 2.26 bits per heavy atom. The number of ether oxygens (including phenoxy) is 3. The van der Waals surface area contributed by atoms with E-state index < -0.39 is 46.6 Å². The van der Waals surface area contributed by atoms with Gasteiger partial charge in [0.2, 0.25) is 0 Å². The first-order valence-corrected chi connectivity index (χ1v) is 11.3. The zero-order valence-corrected chi connectivity index (χ0v) is 21.5. The average Bonchev–Trinajstić information content (AvgIpc) is 2.70. The van der Waals surface area contributed by atoms with Crippen LogP contribution in [-0.2, 0) is 41.6 Å². The number of carbonyl (C=O) groups is 4. The van der Waals surface area contributed by atoms with E-state index >= 15 is 0 Å². The van der Waals surface area contributed by atoms with Crippen molar-refractivity contribution in [1.29, 1.82) is 0 Å². The fourth-order valence-electron chi connectivity index (χ4n) is 2.94. The molecule has 0 aliphatic heterocycles. The van der Waals surface area contributed by atoms with E-state index in [1.165, 1.54) is 36.1 Å². The molecular formula is C25H36N2O8. The monoisotopic (exact) mass is 492 g/mol. The Bertz CT molecular complexity index is 996. The number of methoxy groups -OCH3 is 1. The smallest absolute Gasteiger partial charge is 0.408 e. The summed E-state index contributed by atoms with van der Waals surface area (Å²) in [5.41, 5.74) is -1.80. The second-order valence-electron chi connectivity index (χ2n) is 9.90. The van der Waals surface area contributed by atoms with Crippen LogP contribution in [-0.4, -0.2) is 52.7 Å². The lowest BCUT2D eigenvalue weighted by Crippen LogP contribution is -2.44. The Hall–Kier alpha value is -3.43. The summed E-state index contributed by atoms with van der Waals surface area (Å²) in [6.07, 6.45) is 3.61. The van der Waals surface area contributed by atoms with Gasteiger partial charge < -0.3 is 24.1 Å². The predicted molar refractivity (Wildman–Crippen MR) is 129 cm³/mol. The Labute approximate surface area is 205 Å². The Morgan fingerprint density at radius 2 is 1.69 bits per heavy atom. The van der Waals surface area contributed by atoms with Crippen molar-refractivity contribution in [3.8, 4) is 0 Å². The molecule has 0 aliphatic carbocycles. The molecular weight excluding hydrogens is 456 g/mol. The first-order valence-electron chi connectivity index (χ1n) is 11.3. The molecule has 1 amide bonds. The molecule has 10 heteroatoms. The summed E-state index contributed by atoms with van der Waals surface area (Å²) in [6, 6.07) is 2.09. The van der Waals surface area contributed by atoms with Gasteiger partial charge in [0, 0.05) is 24.3 Å². The number of aromatic nitrogens is 1. The van der Waals surface area contributed by atoms with E-state index in [0.29, 0.717) is 6.42 Å². The topological polar surface area (TPSA) is 130 Å². The number of amides is 1. The third kappa shape index (κ3) is 12.0. The maximum Gasteiger partial charge on any atom is 0.408 e. The molecule has 1 atom stereocenters. The van der Waals surface area contributed by atoms with Crippen LogP contribution in [0, 0.1) is 0 Å². The highest BCUT2D eigenvalue weighted by Gasteiger charge is 2.25. The van der Waals surface area contributed by atoms with Crippen molar-refractivity contribution in [3.63, 3.8) is 0 Å². The molecule has 0 radical (unpaired) electrons. The Morgan fingerprint density at radius 1 is 1.06 bits per heavy atom. The number of hydrogen-bond acceptors (Lipinski definition) is 8. The first-order chi connectivity index (χ1) is 16.1. The quantitative estimate of drug-likeness (QED) is 0.300. The van der Waals surface area contributed by atoms with Crippen molar-refractivity contribution in [1.82, 2.24) is 9.88 Å². The molecule has 0 saturated carbocycles. The van der Waals surface area contributed by atoms with Crippen LogP contribution in [0.5, 0.6) is 0 Å². The van der Waals surface area contributed by atoms with E-state index in [-0.39, 0.29) is 24.9 Å². The summed E-state index contributed by atoms with van der Waals surface area (Å²) in [5.74, 6) is -1.54. The molecule has 194 valence electrons. The van der Waals surface area contributed by atoms with Gasteiger partial charge in [-0.05, 0) is 60.5 Å². The minimum Gasteiger partial charge on any atom is -0.466 e. The lowest BCUT2D eigenvalue weighted by Gasteiger charge is -2.23. The summed E-state index contributed by atoms with van der Waals surface area (Å²) in [7, 11) is 1.25. The highest BCUT2D eigenvalue weighted by molar-refractivity contribution is 5.89. The van der Waals surface area contributed by atoms with Crippen molar-refractivity contribution in [2.75, 3.05) is 7.11 Å². The van der Waals surface area contributed by atoms with Gasteiger partial charge in [-0.15, -0.1) is 0 Å². The Balaban J connectivity index is 3.01. The molecule has 35 heavy (non-hydrogen) atoms. The highest BCUT2D eigenvalue weighted by Crippen LogP contribution is 2.10. The number of carbonyl (C=O) groups excluding carboxylic acids is 4. The number of pyridine rings is 1. The molecule has 1 rings (SSSR count). The standard InChI is InChI=1S/C25H36N2O8/c1-24(2,3)34-21(30)16-27-14-10-11-17(22(27)31)15-19(28)18(12-8-9-13-20(29)33-7)26-23(32)35-25(4,5)6/h9-11,13-14,18H,8,12,15-16H2,1-7H3,(H,26,32)/b13-9+/t18-/m0/s1. The van der Waals surface area contributed by atoms with Crippen molar-refractivity contribution in [2.24, 2.45) is 0 Å². The van der Waals surface area contributed by atoms with Gasteiger partial charge in [0.1, 0.15) is 17.7 Å². The van der Waals surface area contributed by atoms with Crippen LogP contribution in [0.25, 0.3) is 0 Å². The van der Waals surface area contributed by atoms with Crippen LogP contribution in [0.3, 0.4) is 0 Å². The van der Waals surface area contributed by atoms with Gasteiger partial charge in [0.05, 0.1) is 13.2 Å². The SMILES string of the molecule is COC(=O)/C=C/CC[C@H](NC(=O)OC(C)(C)C)C(=O)Cc1cccn(CC(=O)OC(C)(C)C)c1=O. The molecule has 10 nitrogen and oxygen atoms in total. The van der Waals surface area contributed by atoms with Gasteiger partial charge in [-0.3, -0.25) is 14.4 Å². The third-order valence-corrected chi connectivity index (χ3v) is 4.34. The van der Waals surface area contributed by atoms with Crippen LogP contribution >= 0.6 is 0 Å². The van der Waals surface area contributed by atoms with E-state index in [1.54, 1.807) is 47.6 Å². The number of Topliss-reactive ketones (excluding diaryl/α,β-unsaturated/α-hetero) is 1. The number of ketones is 1. The van der Waals surface area contributed by atoms with Crippen molar-refractivity contribution in [3.05, 3.63) is 46.4 Å². The van der Waals surface area contributed by atoms with Crippen molar-refractivity contribution >= 4 is 23.8 Å². The number of alkyl carbamates (subject to hydrolysis) is 1. The molecule has 0 unspecified atom stereocenters. The lowest BCUT2D eigenvalue weighted by molar-refractivity contribution is -0.155. The lowest BCUT2D eigenvalue weighted by atomic mass is 10.0. The fraction of sp³-hybridized carbons (Fsp3) is 0.560. The van der Waals surface area contributed by atoms with Gasteiger partial charge in [0.25, 0.3) is 5.56 Å². The number of rotatable bonds is 10. The van der Waals surface area contributed by atoms with E-state index in [9.17, 15) is 24.0 Å². The van der Waals surface area contributed by atoms with Gasteiger partial charge in [-0.2, -0.15) is 0 Å². The molecule has 1 heterocycles. The summed E-state index contributed by atoms with van der Waals surface area (Å²) >= 11 is 0. The normalized spacial score (nSPS) is 12.7. The van der Waals surface area contributed by atoms with E-state index in [1.807, 2.05) is 0 Å². The zero-order chi connectivity index (χ0) is 26.8. The van der Waals surface area contributed by atoms with Crippen LogP contribution < -0.4 is 10.9 Å². The van der Waals surface area contributed by atoms with Gasteiger partial charge in [-0.25, -0.2) is 9.59 Å². The van der Waals surface area contributed by atoms with Crippen LogP contribution in [0.2, 0.25) is 0 Å². The number of nitrogens with zero attached hydrogens (tertiary/aromatic N) is 1. The number of nitrogens with one attached hydrogen (secondary N) is 1. The van der Waals surface area contributed by atoms with E-state index in [2.05, 4.69) is 10.1 Å². The fourth-order valence-corrected chi connectivity index (χ4v) is 2.94. The second kappa shape index (κ2) is 12.9. The highest BCUT2D eigenvalue weighted by atomic mass is 16.6. The average molecular weight is 493 g/mol. The van der Waals surface area contributed by atoms with Crippen LogP contribution in [0.1, 0.15) is 59.9 Å². The first kappa shape index (κ1) is 29.6. The summed E-state index contributed by atoms with van der Waals surface area (Å²) in [6.45, 7) is 9.96. The van der Waals surface area contributed by atoms with E-state index in [4.69, 9.17) is 9.47 Å². The third-order valence-electron chi connectivity index (χ3n) is 4.34. The molecule has 1 N–H and O–H groups in total.